The van der Waals surface area contributed by atoms with E-state index in [9.17, 15) is 13.2 Å². The van der Waals surface area contributed by atoms with Crippen molar-refractivity contribution < 1.29 is 17.6 Å². The van der Waals surface area contributed by atoms with Crippen molar-refractivity contribution in [1.29, 1.82) is 0 Å². The zero-order valence-electron chi connectivity index (χ0n) is 14.6. The van der Waals surface area contributed by atoms with Crippen molar-refractivity contribution in [1.82, 2.24) is 9.97 Å². The number of nitrogens with zero attached hydrogens (tertiary/aromatic N) is 2. The number of anilines is 2. The number of hydrogen-bond donors (Lipinski definition) is 2. The quantitative estimate of drug-likeness (QED) is 0.337. The minimum Gasteiger partial charge on any atom is -0.368 e. The van der Waals surface area contributed by atoms with Gasteiger partial charge in [-0.25, -0.2) is 27.5 Å². The minimum atomic E-state index is -1.05. The van der Waals surface area contributed by atoms with Crippen molar-refractivity contribution in [2.24, 2.45) is 0 Å². The van der Waals surface area contributed by atoms with Gasteiger partial charge < -0.3 is 10.5 Å². The van der Waals surface area contributed by atoms with Crippen LogP contribution in [0.2, 0.25) is 0 Å². The molecular formula is C20H12F4N4S. The van der Waals surface area contributed by atoms with Gasteiger partial charge >= 0.3 is 0 Å². The smallest absolute Gasteiger partial charge is 0.220 e. The molecule has 0 radical (unpaired) electrons. The number of nitrogens with two attached hydrogens (primary N) is 1. The standard InChI is InChI=1S/C20H12F4N4S/c21-12-5-7-15(28-29-16-3-1-2-13(22)18(16)23)19(24)17(12)10-4-6-14-11(8-10)9-26-20(25)27-14/h1-9,28H,(H2,25,26,27). The van der Waals surface area contributed by atoms with E-state index < -0.39 is 23.3 Å². The normalized spacial score (nSPS) is 11.0. The first kappa shape index (κ1) is 19.0. The van der Waals surface area contributed by atoms with Gasteiger partial charge in [0.1, 0.15) is 5.82 Å². The molecule has 0 saturated heterocycles. The number of nitrogen functional groups attached to an aromatic ring is 1. The molecule has 9 heteroatoms. The van der Waals surface area contributed by atoms with Crippen molar-refractivity contribution in [3.63, 3.8) is 0 Å². The Morgan fingerprint density at radius 2 is 1.72 bits per heavy atom. The van der Waals surface area contributed by atoms with E-state index in [0.717, 1.165) is 12.1 Å². The van der Waals surface area contributed by atoms with E-state index in [1.165, 1.54) is 30.5 Å². The SMILES string of the molecule is Nc1ncc2cc(-c3c(F)ccc(NSc4cccc(F)c4F)c3F)ccc2n1. The molecule has 0 aliphatic carbocycles. The molecule has 29 heavy (non-hydrogen) atoms. The van der Waals surface area contributed by atoms with Crippen molar-refractivity contribution in [3.05, 3.63) is 78.0 Å². The van der Waals surface area contributed by atoms with Gasteiger partial charge in [0.15, 0.2) is 17.5 Å². The predicted octanol–water partition coefficient (Wildman–Crippen LogP) is 5.55. The van der Waals surface area contributed by atoms with E-state index in [1.54, 1.807) is 12.1 Å². The molecule has 0 saturated carbocycles. The maximum atomic E-state index is 15.0. The van der Waals surface area contributed by atoms with E-state index in [-0.39, 0.29) is 27.7 Å². The van der Waals surface area contributed by atoms with Gasteiger partial charge in [0.05, 0.1) is 21.7 Å². The molecule has 0 spiro atoms. The Bertz CT molecular complexity index is 1230. The van der Waals surface area contributed by atoms with E-state index >= 15 is 4.39 Å². The number of benzene rings is 3. The lowest BCUT2D eigenvalue weighted by Gasteiger charge is -2.12. The monoisotopic (exact) mass is 416 g/mol. The van der Waals surface area contributed by atoms with Crippen LogP contribution in [0.1, 0.15) is 0 Å². The number of aromatic nitrogens is 2. The Kier molecular flexibility index (Phi) is 4.98. The molecule has 0 atom stereocenters. The molecule has 3 aromatic carbocycles. The van der Waals surface area contributed by atoms with E-state index in [0.29, 0.717) is 22.9 Å². The fourth-order valence-electron chi connectivity index (χ4n) is 2.77. The van der Waals surface area contributed by atoms with Crippen LogP contribution in [0.3, 0.4) is 0 Å². The fourth-order valence-corrected chi connectivity index (χ4v) is 3.48. The highest BCUT2D eigenvalue weighted by atomic mass is 32.2. The third kappa shape index (κ3) is 3.68. The molecule has 146 valence electrons. The molecule has 3 N–H and O–H groups in total. The summed E-state index contributed by atoms with van der Waals surface area (Å²) in [4.78, 5) is 7.87. The van der Waals surface area contributed by atoms with Crippen molar-refractivity contribution >= 4 is 34.5 Å². The summed E-state index contributed by atoms with van der Waals surface area (Å²) in [5.74, 6) is -3.62. The molecule has 4 aromatic rings. The molecule has 0 unspecified atom stereocenters. The number of halogens is 4. The zero-order valence-corrected chi connectivity index (χ0v) is 15.4. The van der Waals surface area contributed by atoms with E-state index in [2.05, 4.69) is 14.7 Å². The van der Waals surface area contributed by atoms with Crippen LogP contribution in [0.5, 0.6) is 0 Å². The summed E-state index contributed by atoms with van der Waals surface area (Å²) < 4.78 is 59.2. The molecule has 1 aromatic heterocycles. The topological polar surface area (TPSA) is 63.8 Å². The van der Waals surface area contributed by atoms with Crippen LogP contribution in [0, 0.1) is 23.3 Å². The van der Waals surface area contributed by atoms with Crippen molar-refractivity contribution in [2.75, 3.05) is 10.5 Å². The molecule has 4 rings (SSSR count). The van der Waals surface area contributed by atoms with E-state index in [4.69, 9.17) is 5.73 Å². The summed E-state index contributed by atoms with van der Waals surface area (Å²) in [6.45, 7) is 0. The maximum Gasteiger partial charge on any atom is 0.220 e. The Morgan fingerprint density at radius 1 is 0.897 bits per heavy atom. The van der Waals surface area contributed by atoms with Crippen LogP contribution in [-0.4, -0.2) is 9.97 Å². The number of rotatable bonds is 4. The number of nitrogens with one attached hydrogen (secondary N) is 1. The summed E-state index contributed by atoms with van der Waals surface area (Å²) in [5, 5.41) is 0.560. The second-order valence-electron chi connectivity index (χ2n) is 6.04. The first-order chi connectivity index (χ1) is 13.9. The molecule has 0 aliphatic rings. The summed E-state index contributed by atoms with van der Waals surface area (Å²) in [6, 6.07) is 10.6. The average Bonchev–Trinajstić information content (AvgIpc) is 2.70. The van der Waals surface area contributed by atoms with Gasteiger partial charge in [-0.3, -0.25) is 0 Å². The largest absolute Gasteiger partial charge is 0.368 e. The highest BCUT2D eigenvalue weighted by molar-refractivity contribution is 8.00. The Labute approximate surface area is 166 Å². The van der Waals surface area contributed by atoms with Gasteiger partial charge in [0.2, 0.25) is 5.95 Å². The van der Waals surface area contributed by atoms with Crippen molar-refractivity contribution in [3.8, 4) is 11.1 Å². The molecule has 0 bridgehead atoms. The van der Waals surface area contributed by atoms with Crippen molar-refractivity contribution in [2.45, 2.75) is 4.90 Å². The lowest BCUT2D eigenvalue weighted by atomic mass is 10.0. The second-order valence-corrected chi connectivity index (χ2v) is 6.89. The highest BCUT2D eigenvalue weighted by Crippen LogP contribution is 2.34. The second kappa shape index (κ2) is 7.59. The first-order valence-corrected chi connectivity index (χ1v) is 9.13. The molecular weight excluding hydrogens is 404 g/mol. The summed E-state index contributed by atoms with van der Waals surface area (Å²) in [7, 11) is 0. The van der Waals surface area contributed by atoms with Gasteiger partial charge in [-0.05, 0) is 53.9 Å². The summed E-state index contributed by atoms with van der Waals surface area (Å²) in [6.07, 6.45) is 1.46. The zero-order chi connectivity index (χ0) is 20.5. The third-order valence-corrected chi connectivity index (χ3v) is 5.02. The lowest BCUT2D eigenvalue weighted by Crippen LogP contribution is -1.99. The molecule has 0 aliphatic heterocycles. The Hall–Kier alpha value is -3.33. The predicted molar refractivity (Wildman–Crippen MR) is 105 cm³/mol. The van der Waals surface area contributed by atoms with Gasteiger partial charge in [0.25, 0.3) is 0 Å². The van der Waals surface area contributed by atoms with Gasteiger partial charge in [0, 0.05) is 11.6 Å². The third-order valence-electron chi connectivity index (χ3n) is 4.17. The summed E-state index contributed by atoms with van der Waals surface area (Å²) >= 11 is 0.681. The number of fused-ring (bicyclic) bond motifs is 1. The van der Waals surface area contributed by atoms with Crippen LogP contribution in [-0.2, 0) is 0 Å². The average molecular weight is 416 g/mol. The van der Waals surface area contributed by atoms with Gasteiger partial charge in [-0.15, -0.1) is 0 Å². The van der Waals surface area contributed by atoms with Crippen LogP contribution in [0.25, 0.3) is 22.0 Å². The van der Waals surface area contributed by atoms with Gasteiger partial charge in [-0.1, -0.05) is 12.1 Å². The van der Waals surface area contributed by atoms with Crippen LogP contribution >= 0.6 is 11.9 Å². The fraction of sp³-hybridized carbons (Fsp3) is 0. The van der Waals surface area contributed by atoms with Gasteiger partial charge in [-0.2, -0.15) is 0 Å². The molecule has 0 fully saturated rings. The van der Waals surface area contributed by atoms with Crippen LogP contribution in [0.4, 0.5) is 29.2 Å². The summed E-state index contributed by atoms with van der Waals surface area (Å²) in [5.41, 5.74) is 6.00. The molecule has 4 nitrogen and oxygen atoms in total. The first-order valence-electron chi connectivity index (χ1n) is 8.31. The Morgan fingerprint density at radius 3 is 2.55 bits per heavy atom. The minimum absolute atomic E-state index is 0.0595. The van der Waals surface area contributed by atoms with E-state index in [1.807, 2.05) is 0 Å². The van der Waals surface area contributed by atoms with Crippen LogP contribution < -0.4 is 10.5 Å². The molecule has 1 heterocycles. The number of hydrogen-bond acceptors (Lipinski definition) is 5. The Balaban J connectivity index is 1.70. The maximum absolute atomic E-state index is 15.0. The van der Waals surface area contributed by atoms with Crippen LogP contribution in [0.15, 0.2) is 59.6 Å². The lowest BCUT2D eigenvalue weighted by molar-refractivity contribution is 0.491. The molecule has 0 amide bonds. The highest BCUT2D eigenvalue weighted by Gasteiger charge is 2.17.